The van der Waals surface area contributed by atoms with E-state index in [0.29, 0.717) is 0 Å². The van der Waals surface area contributed by atoms with Gasteiger partial charge in [-0.15, -0.1) is 11.6 Å². The first-order valence-corrected chi connectivity index (χ1v) is 8.24. The SMILES string of the molecule is CO[Si](C)(OC)OCCCCCCCCl. The van der Waals surface area contributed by atoms with Crippen molar-refractivity contribution in [3.05, 3.63) is 0 Å². The van der Waals surface area contributed by atoms with Crippen molar-refractivity contribution in [3.8, 4) is 0 Å². The second-order valence-electron chi connectivity index (χ2n) is 3.58. The Bertz CT molecular complexity index is 143. The lowest BCUT2D eigenvalue weighted by Gasteiger charge is -2.21. The number of hydrogen-bond acceptors (Lipinski definition) is 3. The van der Waals surface area contributed by atoms with Crippen LogP contribution in [0.5, 0.6) is 0 Å². The highest BCUT2D eigenvalue weighted by Gasteiger charge is 2.31. The van der Waals surface area contributed by atoms with E-state index in [4.69, 9.17) is 24.9 Å². The van der Waals surface area contributed by atoms with Gasteiger partial charge in [0.2, 0.25) is 0 Å². The van der Waals surface area contributed by atoms with Gasteiger partial charge in [-0.3, -0.25) is 0 Å². The quantitative estimate of drug-likeness (QED) is 0.341. The lowest BCUT2D eigenvalue weighted by molar-refractivity contribution is 0.104. The summed E-state index contributed by atoms with van der Waals surface area (Å²) in [4.78, 5) is 0. The zero-order valence-electron chi connectivity index (χ0n) is 10.1. The van der Waals surface area contributed by atoms with E-state index in [1.807, 2.05) is 6.55 Å². The molecule has 0 bridgehead atoms. The van der Waals surface area contributed by atoms with Gasteiger partial charge in [0.1, 0.15) is 0 Å². The fraction of sp³-hybridized carbons (Fsp3) is 1.00. The van der Waals surface area contributed by atoms with Crippen molar-refractivity contribution >= 4 is 20.4 Å². The Morgan fingerprint density at radius 1 is 0.933 bits per heavy atom. The Kier molecular flexibility index (Phi) is 9.85. The molecular weight excluding hydrogens is 232 g/mol. The molecule has 0 atom stereocenters. The van der Waals surface area contributed by atoms with Crippen molar-refractivity contribution in [2.24, 2.45) is 0 Å². The van der Waals surface area contributed by atoms with Gasteiger partial charge in [0, 0.05) is 33.3 Å². The summed E-state index contributed by atoms with van der Waals surface area (Å²) in [5, 5.41) is 0. The molecule has 3 nitrogen and oxygen atoms in total. The number of unbranched alkanes of at least 4 members (excludes halogenated alkanes) is 4. The number of halogens is 1. The molecule has 15 heavy (non-hydrogen) atoms. The first kappa shape index (κ1) is 15.4. The molecule has 0 aliphatic carbocycles. The molecule has 0 unspecified atom stereocenters. The van der Waals surface area contributed by atoms with Crippen LogP contribution in [0.25, 0.3) is 0 Å². The van der Waals surface area contributed by atoms with E-state index in [1.165, 1.54) is 19.3 Å². The van der Waals surface area contributed by atoms with Crippen molar-refractivity contribution in [3.63, 3.8) is 0 Å². The normalized spacial score (nSPS) is 12.0. The van der Waals surface area contributed by atoms with E-state index in [0.717, 1.165) is 25.3 Å². The molecular formula is C10H23ClO3Si. The third kappa shape index (κ3) is 8.22. The maximum Gasteiger partial charge on any atom is 0.497 e. The summed E-state index contributed by atoms with van der Waals surface area (Å²) in [6.07, 6.45) is 5.82. The highest BCUT2D eigenvalue weighted by atomic mass is 35.5. The third-order valence-corrected chi connectivity index (χ3v) is 4.86. The molecule has 0 aliphatic heterocycles. The zero-order chi connectivity index (χ0) is 11.6. The Hall–Kier alpha value is 0.387. The molecule has 0 amide bonds. The maximum atomic E-state index is 5.60. The van der Waals surface area contributed by atoms with Gasteiger partial charge in [-0.1, -0.05) is 19.3 Å². The lowest BCUT2D eigenvalue weighted by Crippen LogP contribution is -2.40. The van der Waals surface area contributed by atoms with E-state index < -0.39 is 8.80 Å². The van der Waals surface area contributed by atoms with Crippen molar-refractivity contribution < 1.29 is 13.3 Å². The topological polar surface area (TPSA) is 27.7 Å². The zero-order valence-corrected chi connectivity index (χ0v) is 11.8. The second-order valence-corrected chi connectivity index (χ2v) is 6.78. The van der Waals surface area contributed by atoms with Crippen molar-refractivity contribution in [2.45, 2.75) is 38.7 Å². The van der Waals surface area contributed by atoms with Gasteiger partial charge < -0.3 is 13.3 Å². The van der Waals surface area contributed by atoms with Gasteiger partial charge in [-0.05, 0) is 12.8 Å². The minimum Gasteiger partial charge on any atom is -0.377 e. The Labute approximate surface area is 99.4 Å². The molecule has 0 aromatic heterocycles. The van der Waals surface area contributed by atoms with Gasteiger partial charge in [0.25, 0.3) is 0 Å². The van der Waals surface area contributed by atoms with E-state index >= 15 is 0 Å². The highest BCUT2D eigenvalue weighted by Crippen LogP contribution is 2.09. The van der Waals surface area contributed by atoms with E-state index in [9.17, 15) is 0 Å². The average molecular weight is 255 g/mol. The fourth-order valence-corrected chi connectivity index (χ4v) is 2.29. The molecule has 0 aliphatic rings. The molecule has 0 radical (unpaired) electrons. The predicted molar refractivity (Wildman–Crippen MR) is 65.4 cm³/mol. The summed E-state index contributed by atoms with van der Waals surface area (Å²) in [5.74, 6) is 0.773. The fourth-order valence-electron chi connectivity index (χ4n) is 1.19. The van der Waals surface area contributed by atoms with Crippen LogP contribution in [0.4, 0.5) is 0 Å². The van der Waals surface area contributed by atoms with Crippen LogP contribution in [0.2, 0.25) is 6.55 Å². The van der Waals surface area contributed by atoms with E-state index in [1.54, 1.807) is 14.2 Å². The van der Waals surface area contributed by atoms with Crippen LogP contribution in [0.15, 0.2) is 0 Å². The second kappa shape index (κ2) is 9.60. The molecule has 0 saturated carbocycles. The van der Waals surface area contributed by atoms with Crippen LogP contribution >= 0.6 is 11.6 Å². The Morgan fingerprint density at radius 3 is 2.00 bits per heavy atom. The van der Waals surface area contributed by atoms with Crippen molar-refractivity contribution in [1.82, 2.24) is 0 Å². The average Bonchev–Trinajstić information content (AvgIpc) is 2.27. The van der Waals surface area contributed by atoms with Crippen LogP contribution in [0, 0.1) is 0 Å². The number of rotatable bonds is 10. The molecule has 0 aromatic carbocycles. The molecule has 92 valence electrons. The molecule has 0 rings (SSSR count). The van der Waals surface area contributed by atoms with Gasteiger partial charge in [-0.2, -0.15) is 0 Å². The van der Waals surface area contributed by atoms with Gasteiger partial charge in [-0.25, -0.2) is 0 Å². The lowest BCUT2D eigenvalue weighted by atomic mass is 10.2. The Balaban J connectivity index is 3.29. The summed E-state index contributed by atoms with van der Waals surface area (Å²) >= 11 is 5.59. The van der Waals surface area contributed by atoms with Crippen LogP contribution in [0.3, 0.4) is 0 Å². The summed E-state index contributed by atoms with van der Waals surface area (Å²) < 4.78 is 16.0. The van der Waals surface area contributed by atoms with Crippen molar-refractivity contribution in [2.75, 3.05) is 26.7 Å². The maximum absolute atomic E-state index is 5.60. The molecule has 0 N–H and O–H groups in total. The molecule has 5 heteroatoms. The third-order valence-electron chi connectivity index (χ3n) is 2.38. The van der Waals surface area contributed by atoms with Crippen LogP contribution in [-0.4, -0.2) is 35.5 Å². The monoisotopic (exact) mass is 254 g/mol. The Morgan fingerprint density at radius 2 is 1.47 bits per heavy atom. The largest absolute Gasteiger partial charge is 0.497 e. The predicted octanol–water partition coefficient (Wildman–Crippen LogP) is 3.05. The highest BCUT2D eigenvalue weighted by molar-refractivity contribution is 6.59. The summed E-state index contributed by atoms with van der Waals surface area (Å²) in [6, 6.07) is 0. The smallest absolute Gasteiger partial charge is 0.377 e. The molecule has 0 fully saturated rings. The summed E-state index contributed by atoms with van der Waals surface area (Å²) in [6.45, 7) is 2.63. The molecule has 0 heterocycles. The van der Waals surface area contributed by atoms with E-state index in [-0.39, 0.29) is 0 Å². The first-order chi connectivity index (χ1) is 7.18. The number of alkyl halides is 1. The number of hydrogen-bond donors (Lipinski definition) is 0. The van der Waals surface area contributed by atoms with Crippen molar-refractivity contribution in [1.29, 1.82) is 0 Å². The summed E-state index contributed by atoms with van der Waals surface area (Å²) in [5.41, 5.74) is 0. The molecule has 0 aromatic rings. The van der Waals surface area contributed by atoms with E-state index in [2.05, 4.69) is 0 Å². The van der Waals surface area contributed by atoms with Crippen LogP contribution in [-0.2, 0) is 13.3 Å². The molecule has 0 spiro atoms. The van der Waals surface area contributed by atoms with Gasteiger partial charge in [0.15, 0.2) is 0 Å². The van der Waals surface area contributed by atoms with Crippen LogP contribution in [0.1, 0.15) is 32.1 Å². The van der Waals surface area contributed by atoms with Crippen LogP contribution < -0.4 is 0 Å². The standard InChI is InChI=1S/C10H23ClO3Si/c1-12-15(3,13-2)14-10-8-6-4-5-7-9-11/h4-10H2,1-3H3. The minimum absolute atomic E-state index is 0.727. The van der Waals surface area contributed by atoms with Gasteiger partial charge in [0.05, 0.1) is 0 Å². The van der Waals surface area contributed by atoms with Gasteiger partial charge >= 0.3 is 8.80 Å². The minimum atomic E-state index is -2.29. The first-order valence-electron chi connectivity index (χ1n) is 5.48. The summed E-state index contributed by atoms with van der Waals surface area (Å²) in [7, 11) is 0.976. The molecule has 0 saturated heterocycles.